The predicted octanol–water partition coefficient (Wildman–Crippen LogP) is 5.04. The molecule has 0 aliphatic rings. The van der Waals surface area contributed by atoms with Gasteiger partial charge in [-0.15, -0.1) is 0 Å². The Morgan fingerprint density at radius 1 is 0.969 bits per heavy atom. The van der Waals surface area contributed by atoms with Crippen LogP contribution in [0.3, 0.4) is 0 Å². The van der Waals surface area contributed by atoms with E-state index in [1.165, 1.54) is 18.2 Å². The molecule has 3 rings (SSSR count). The van der Waals surface area contributed by atoms with E-state index in [-0.39, 0.29) is 35.1 Å². The normalized spacial score (nSPS) is 11.9. The first-order chi connectivity index (χ1) is 15.4. The van der Waals surface area contributed by atoms with E-state index in [1.54, 1.807) is 66.7 Å². The number of para-hydroxylation sites is 2. The molecule has 1 amide bonds. The van der Waals surface area contributed by atoms with Crippen LogP contribution < -0.4 is 14.4 Å². The van der Waals surface area contributed by atoms with Crippen molar-refractivity contribution in [3.63, 3.8) is 0 Å². The first kappa shape index (κ1) is 23.6. The Kier molecular flexibility index (Phi) is 8.08. The molecule has 3 radical (unpaired) electrons. The first-order valence-electron chi connectivity index (χ1n) is 9.68. The number of nitrogens with zero attached hydrogens (tertiary/aromatic N) is 1. The van der Waals surface area contributed by atoms with E-state index in [9.17, 15) is 19.5 Å². The molecule has 10 heteroatoms. The van der Waals surface area contributed by atoms with Crippen molar-refractivity contribution < 1.29 is 23.3 Å². The molecule has 0 spiro atoms. The minimum atomic E-state index is -4.18. The zero-order valence-electron chi connectivity index (χ0n) is 16.9. The fraction of sp³-hybridized carbons (Fsp3) is 0.136. The second-order valence-corrected chi connectivity index (χ2v) is 9.68. The van der Waals surface area contributed by atoms with Gasteiger partial charge >= 0.3 is 194 Å². The Bertz CT molecular complexity index is 1070. The molecule has 0 aromatic heterocycles. The third-order valence-corrected chi connectivity index (χ3v) is 6.83. The number of nitro benzene ring substituents is 1. The fourth-order valence-electron chi connectivity index (χ4n) is 2.87. The van der Waals surface area contributed by atoms with E-state index in [2.05, 4.69) is 5.32 Å². The number of amides is 1. The molecule has 0 bridgehead atoms. The molecular weight excluding hydrogens is 492 g/mol. The van der Waals surface area contributed by atoms with Gasteiger partial charge in [0, 0.05) is 0 Å². The number of carbonyl (C=O) groups excluding carboxylic acids is 1. The number of non-ortho nitro benzene ring substituents is 1. The molecule has 0 fully saturated rings. The molecule has 1 atom stereocenters. The van der Waals surface area contributed by atoms with Crippen LogP contribution in [0.5, 0.6) is 11.5 Å². The SMILES string of the molecule is O=C(C[CH2][Ge])NC(c1cccc([N+](=O)[O-])c1)P(=O)(Oc1ccccc1)Oc1ccccc1. The third kappa shape index (κ3) is 6.21. The standard InChI is InChI=1S/C22H20GeN2O6P/c23-15-14-21(26)24-22(17-8-7-9-18(16-17)25(27)28)32(29,30-19-10-3-1-4-11-19)31-20-12-5-2-6-13-20/h1-13,16,22H,14-15H2,(H,24,26). The van der Waals surface area contributed by atoms with Crippen LogP contribution in [-0.2, 0) is 9.36 Å². The van der Waals surface area contributed by atoms with Crippen LogP contribution in [0.4, 0.5) is 5.69 Å². The summed E-state index contributed by atoms with van der Waals surface area (Å²) < 4.78 is 25.9. The average molecular weight is 512 g/mol. The number of hydrogen-bond donors (Lipinski definition) is 1. The summed E-state index contributed by atoms with van der Waals surface area (Å²) in [5.41, 5.74) is 0.0297. The van der Waals surface area contributed by atoms with E-state index >= 15 is 0 Å². The number of benzene rings is 3. The molecule has 8 nitrogen and oxygen atoms in total. The van der Waals surface area contributed by atoms with Gasteiger partial charge in [0.05, 0.1) is 0 Å². The second kappa shape index (κ2) is 11.0. The van der Waals surface area contributed by atoms with Gasteiger partial charge in [-0.1, -0.05) is 0 Å². The number of carbonyl (C=O) groups is 1. The van der Waals surface area contributed by atoms with Crippen LogP contribution in [0.25, 0.3) is 0 Å². The van der Waals surface area contributed by atoms with Gasteiger partial charge in [-0.05, 0) is 0 Å². The van der Waals surface area contributed by atoms with Gasteiger partial charge in [-0.2, -0.15) is 0 Å². The van der Waals surface area contributed by atoms with Gasteiger partial charge < -0.3 is 0 Å². The molecule has 0 heterocycles. The number of nitrogens with one attached hydrogen (secondary N) is 1. The molecule has 3 aromatic carbocycles. The summed E-state index contributed by atoms with van der Waals surface area (Å²) in [5, 5.41) is 14.6. The van der Waals surface area contributed by atoms with E-state index in [1.807, 2.05) is 16.5 Å². The van der Waals surface area contributed by atoms with Gasteiger partial charge in [-0.25, -0.2) is 0 Å². The average Bonchev–Trinajstić information content (AvgIpc) is 2.79. The number of hydrogen-bond acceptors (Lipinski definition) is 6. The summed E-state index contributed by atoms with van der Waals surface area (Å²) in [7, 11) is -4.18. The third-order valence-electron chi connectivity index (χ3n) is 4.31. The monoisotopic (exact) mass is 513 g/mol. The summed E-state index contributed by atoms with van der Waals surface area (Å²) >= 11 is 1.84. The molecular formula is C22H20GeN2O6P. The van der Waals surface area contributed by atoms with Gasteiger partial charge in [0.2, 0.25) is 0 Å². The maximum absolute atomic E-state index is 14.2. The molecule has 3 aromatic rings. The van der Waals surface area contributed by atoms with Crippen molar-refractivity contribution in [1.82, 2.24) is 5.32 Å². The van der Waals surface area contributed by atoms with Crippen molar-refractivity contribution in [3.05, 3.63) is 101 Å². The van der Waals surface area contributed by atoms with Crippen molar-refractivity contribution in [3.8, 4) is 11.5 Å². The Morgan fingerprint density at radius 2 is 1.53 bits per heavy atom. The molecule has 0 saturated heterocycles. The molecule has 0 aliphatic carbocycles. The molecule has 1 unspecified atom stereocenters. The maximum atomic E-state index is 14.2. The molecule has 163 valence electrons. The van der Waals surface area contributed by atoms with E-state index in [0.29, 0.717) is 5.25 Å². The Labute approximate surface area is 193 Å². The zero-order valence-corrected chi connectivity index (χ0v) is 19.9. The predicted molar refractivity (Wildman–Crippen MR) is 121 cm³/mol. The van der Waals surface area contributed by atoms with E-state index in [4.69, 9.17) is 9.05 Å². The molecule has 32 heavy (non-hydrogen) atoms. The van der Waals surface area contributed by atoms with Crippen molar-refractivity contribution >= 4 is 35.7 Å². The summed E-state index contributed by atoms with van der Waals surface area (Å²) in [6.45, 7) is 0. The van der Waals surface area contributed by atoms with Crippen LogP contribution in [-0.4, -0.2) is 27.3 Å². The van der Waals surface area contributed by atoms with Crippen LogP contribution in [0.1, 0.15) is 17.8 Å². The molecule has 0 aliphatic heterocycles. The summed E-state index contributed by atoms with van der Waals surface area (Å²) in [5.74, 6) is -1.11. The van der Waals surface area contributed by atoms with Crippen LogP contribution in [0.2, 0.25) is 5.25 Å². The second-order valence-electron chi connectivity index (χ2n) is 6.67. The number of nitro groups is 1. The Hall–Kier alpha value is -3.10. The first-order valence-corrected chi connectivity index (χ1v) is 12.8. The van der Waals surface area contributed by atoms with Gasteiger partial charge in [0.15, 0.2) is 0 Å². The zero-order chi connectivity index (χ0) is 23.0. The van der Waals surface area contributed by atoms with Crippen molar-refractivity contribution in [2.75, 3.05) is 0 Å². The summed E-state index contributed by atoms with van der Waals surface area (Å²) in [6.07, 6.45) is 0.183. The Balaban J connectivity index is 2.10. The van der Waals surface area contributed by atoms with Crippen molar-refractivity contribution in [2.24, 2.45) is 0 Å². The molecule has 0 saturated carbocycles. The van der Waals surface area contributed by atoms with Gasteiger partial charge in [0.25, 0.3) is 0 Å². The molecule has 1 N–H and O–H groups in total. The van der Waals surface area contributed by atoms with Gasteiger partial charge in [0.1, 0.15) is 0 Å². The number of rotatable bonds is 10. The fourth-order valence-corrected chi connectivity index (χ4v) is 5.26. The van der Waals surface area contributed by atoms with Crippen LogP contribution in [0.15, 0.2) is 84.9 Å². The van der Waals surface area contributed by atoms with E-state index in [0.717, 1.165) is 0 Å². The van der Waals surface area contributed by atoms with E-state index < -0.39 is 18.3 Å². The van der Waals surface area contributed by atoms with Crippen molar-refractivity contribution in [1.29, 1.82) is 0 Å². The van der Waals surface area contributed by atoms with Crippen molar-refractivity contribution in [2.45, 2.75) is 17.5 Å². The topological polar surface area (TPSA) is 108 Å². The minimum absolute atomic E-state index is 0.183. The summed E-state index contributed by atoms with van der Waals surface area (Å²) in [6, 6.07) is 22.4. The summed E-state index contributed by atoms with van der Waals surface area (Å²) in [4.78, 5) is 23.3. The van der Waals surface area contributed by atoms with Crippen LogP contribution in [0, 0.1) is 10.1 Å². The van der Waals surface area contributed by atoms with Gasteiger partial charge in [-0.3, -0.25) is 0 Å². The quantitative estimate of drug-likeness (QED) is 0.177. The van der Waals surface area contributed by atoms with Crippen LogP contribution >= 0.6 is 7.60 Å². The Morgan fingerprint density at radius 3 is 2.03 bits per heavy atom.